The summed E-state index contributed by atoms with van der Waals surface area (Å²) in [7, 11) is 0. The minimum Gasteiger partial charge on any atom is -0.312 e. The Hall–Kier alpha value is 0.648. The standard InChI is InChI=1S/C6H15N.Pt/c1-5(2)7-6(3)4;/h5-7H,1-4H3;. The molecule has 0 fully saturated rings. The fourth-order valence-electron chi connectivity index (χ4n) is 0.667. The van der Waals surface area contributed by atoms with Crippen LogP contribution < -0.4 is 5.32 Å². The van der Waals surface area contributed by atoms with Gasteiger partial charge in [0.25, 0.3) is 0 Å². The van der Waals surface area contributed by atoms with Gasteiger partial charge in [-0.25, -0.2) is 0 Å². The third-order valence-electron chi connectivity index (χ3n) is 0.667. The maximum absolute atomic E-state index is 3.31. The van der Waals surface area contributed by atoms with E-state index in [0.717, 1.165) is 0 Å². The van der Waals surface area contributed by atoms with E-state index in [2.05, 4.69) is 33.0 Å². The van der Waals surface area contributed by atoms with Crippen LogP contribution in [0.4, 0.5) is 0 Å². The summed E-state index contributed by atoms with van der Waals surface area (Å²) in [5, 5.41) is 3.31. The monoisotopic (exact) mass is 296 g/mol. The van der Waals surface area contributed by atoms with Crippen molar-refractivity contribution in [3.8, 4) is 0 Å². The maximum Gasteiger partial charge on any atom is 0.00127 e. The molecular formula is C6H15NPt. The van der Waals surface area contributed by atoms with Gasteiger partial charge >= 0.3 is 0 Å². The first-order chi connectivity index (χ1) is 3.13. The first kappa shape index (κ1) is 11.4. The van der Waals surface area contributed by atoms with Crippen LogP contribution in [-0.2, 0) is 21.1 Å². The van der Waals surface area contributed by atoms with Gasteiger partial charge in [0.2, 0.25) is 0 Å². The van der Waals surface area contributed by atoms with Crippen molar-refractivity contribution in [1.82, 2.24) is 5.32 Å². The van der Waals surface area contributed by atoms with E-state index in [9.17, 15) is 0 Å². The molecule has 0 aromatic carbocycles. The van der Waals surface area contributed by atoms with Crippen LogP contribution in [0.15, 0.2) is 0 Å². The van der Waals surface area contributed by atoms with Gasteiger partial charge in [-0.3, -0.25) is 0 Å². The number of rotatable bonds is 2. The van der Waals surface area contributed by atoms with E-state index in [4.69, 9.17) is 0 Å². The normalized spacial score (nSPS) is 9.75. The number of hydrogen-bond donors (Lipinski definition) is 1. The minimum atomic E-state index is 0. The van der Waals surface area contributed by atoms with Crippen molar-refractivity contribution in [2.75, 3.05) is 0 Å². The Morgan fingerprint density at radius 1 is 0.875 bits per heavy atom. The summed E-state index contributed by atoms with van der Waals surface area (Å²) in [6.45, 7) is 8.61. The van der Waals surface area contributed by atoms with Crippen LogP contribution in [0.1, 0.15) is 27.7 Å². The predicted octanol–water partition coefficient (Wildman–Crippen LogP) is 1.39. The molecule has 0 saturated carbocycles. The third kappa shape index (κ3) is 9.82. The van der Waals surface area contributed by atoms with Crippen molar-refractivity contribution in [1.29, 1.82) is 0 Å². The van der Waals surface area contributed by atoms with Crippen molar-refractivity contribution < 1.29 is 21.1 Å². The van der Waals surface area contributed by atoms with Gasteiger partial charge in [-0.2, -0.15) is 0 Å². The topological polar surface area (TPSA) is 12.0 Å². The van der Waals surface area contributed by atoms with Gasteiger partial charge in [0, 0.05) is 33.1 Å². The molecule has 0 aliphatic rings. The van der Waals surface area contributed by atoms with E-state index in [0.29, 0.717) is 12.1 Å². The Morgan fingerprint density at radius 3 is 1.12 bits per heavy atom. The smallest absolute Gasteiger partial charge is 0.00127 e. The zero-order chi connectivity index (χ0) is 5.86. The molecule has 0 aromatic heterocycles. The quantitative estimate of drug-likeness (QED) is 0.812. The van der Waals surface area contributed by atoms with E-state index in [1.165, 1.54) is 0 Å². The number of nitrogens with one attached hydrogen (secondary N) is 1. The molecule has 0 heterocycles. The van der Waals surface area contributed by atoms with Crippen molar-refractivity contribution in [3.05, 3.63) is 0 Å². The number of hydrogen-bond acceptors (Lipinski definition) is 1. The van der Waals surface area contributed by atoms with Crippen LogP contribution in [0.2, 0.25) is 0 Å². The summed E-state index contributed by atoms with van der Waals surface area (Å²) >= 11 is 0. The first-order valence-corrected chi connectivity index (χ1v) is 2.89. The molecule has 0 unspecified atom stereocenters. The average Bonchev–Trinajstić information content (AvgIpc) is 1.27. The molecule has 0 atom stereocenters. The SMILES string of the molecule is CC(C)NC(C)C.[Pt]. The Labute approximate surface area is 66.5 Å². The van der Waals surface area contributed by atoms with Crippen LogP contribution >= 0.6 is 0 Å². The largest absolute Gasteiger partial charge is 0.312 e. The molecule has 0 radical (unpaired) electrons. The second-order valence-corrected chi connectivity index (χ2v) is 2.48. The summed E-state index contributed by atoms with van der Waals surface area (Å²) in [6, 6.07) is 1.25. The maximum atomic E-state index is 3.31. The van der Waals surface area contributed by atoms with Gasteiger partial charge < -0.3 is 5.32 Å². The van der Waals surface area contributed by atoms with Crippen molar-refractivity contribution in [2.45, 2.75) is 39.8 Å². The molecule has 54 valence electrons. The fourth-order valence-corrected chi connectivity index (χ4v) is 0.667. The molecular weight excluding hydrogens is 281 g/mol. The molecule has 0 saturated heterocycles. The van der Waals surface area contributed by atoms with E-state index in [-0.39, 0.29) is 21.1 Å². The van der Waals surface area contributed by atoms with Gasteiger partial charge in [-0.1, -0.05) is 27.7 Å². The summed E-state index contributed by atoms with van der Waals surface area (Å²) in [4.78, 5) is 0. The van der Waals surface area contributed by atoms with Crippen LogP contribution in [0.25, 0.3) is 0 Å². The summed E-state index contributed by atoms with van der Waals surface area (Å²) in [5.74, 6) is 0. The van der Waals surface area contributed by atoms with E-state index in [1.807, 2.05) is 0 Å². The minimum absolute atomic E-state index is 0. The van der Waals surface area contributed by atoms with Gasteiger partial charge in [0.15, 0.2) is 0 Å². The summed E-state index contributed by atoms with van der Waals surface area (Å²) in [5.41, 5.74) is 0. The Bertz CT molecular complexity index is 37.8. The molecule has 0 spiro atoms. The molecule has 0 bridgehead atoms. The van der Waals surface area contributed by atoms with E-state index >= 15 is 0 Å². The molecule has 0 rings (SSSR count). The zero-order valence-electron chi connectivity index (χ0n) is 5.97. The van der Waals surface area contributed by atoms with Gasteiger partial charge in [-0.15, -0.1) is 0 Å². The summed E-state index contributed by atoms with van der Waals surface area (Å²) < 4.78 is 0. The average molecular weight is 296 g/mol. The third-order valence-corrected chi connectivity index (χ3v) is 0.667. The molecule has 2 heteroatoms. The van der Waals surface area contributed by atoms with Crippen molar-refractivity contribution >= 4 is 0 Å². The molecule has 0 aliphatic carbocycles. The first-order valence-electron chi connectivity index (χ1n) is 2.89. The Morgan fingerprint density at radius 2 is 1.12 bits per heavy atom. The van der Waals surface area contributed by atoms with E-state index < -0.39 is 0 Å². The molecule has 1 nitrogen and oxygen atoms in total. The Balaban J connectivity index is 0. The fraction of sp³-hybridized carbons (Fsp3) is 1.00. The van der Waals surface area contributed by atoms with Gasteiger partial charge in [0.1, 0.15) is 0 Å². The van der Waals surface area contributed by atoms with Gasteiger partial charge in [0.05, 0.1) is 0 Å². The molecule has 1 N–H and O–H groups in total. The zero-order valence-corrected chi connectivity index (χ0v) is 8.24. The van der Waals surface area contributed by atoms with Crippen LogP contribution in [0.3, 0.4) is 0 Å². The molecule has 0 aromatic rings. The molecule has 0 amide bonds. The predicted molar refractivity (Wildman–Crippen MR) is 33.4 cm³/mol. The second kappa shape index (κ2) is 5.78. The second-order valence-electron chi connectivity index (χ2n) is 2.48. The molecule has 0 aliphatic heterocycles. The van der Waals surface area contributed by atoms with Crippen LogP contribution in [0.5, 0.6) is 0 Å². The van der Waals surface area contributed by atoms with Crippen molar-refractivity contribution in [3.63, 3.8) is 0 Å². The van der Waals surface area contributed by atoms with E-state index in [1.54, 1.807) is 0 Å². The van der Waals surface area contributed by atoms with Crippen LogP contribution in [0, 0.1) is 0 Å². The van der Waals surface area contributed by atoms with Gasteiger partial charge in [-0.05, 0) is 0 Å². The van der Waals surface area contributed by atoms with Crippen molar-refractivity contribution in [2.24, 2.45) is 0 Å². The Kier molecular flexibility index (Phi) is 8.27. The molecule has 8 heavy (non-hydrogen) atoms. The van der Waals surface area contributed by atoms with Crippen LogP contribution in [-0.4, -0.2) is 12.1 Å². The summed E-state index contributed by atoms with van der Waals surface area (Å²) in [6.07, 6.45) is 0.